The van der Waals surface area contributed by atoms with Crippen molar-refractivity contribution in [2.45, 2.75) is 6.92 Å². The van der Waals surface area contributed by atoms with E-state index in [9.17, 15) is 4.79 Å². The van der Waals surface area contributed by atoms with Gasteiger partial charge in [0.15, 0.2) is 0 Å². The van der Waals surface area contributed by atoms with Gasteiger partial charge in [-0.25, -0.2) is 4.98 Å². The summed E-state index contributed by atoms with van der Waals surface area (Å²) in [6.45, 7) is 1.50. The molecule has 1 N–H and O–H groups in total. The molecule has 3 aromatic rings. The van der Waals surface area contributed by atoms with E-state index in [4.69, 9.17) is 0 Å². The largest absolute Gasteiger partial charge is 0.326 e. The number of nitrogens with one attached hydrogen (secondary N) is 1. The Labute approximate surface area is 117 Å². The molecular formula is C17H14N2O. The Morgan fingerprint density at radius 1 is 0.950 bits per heavy atom. The predicted molar refractivity (Wildman–Crippen MR) is 81.5 cm³/mol. The molecule has 0 bridgehead atoms. The van der Waals surface area contributed by atoms with Crippen LogP contribution in [0.3, 0.4) is 0 Å². The first kappa shape index (κ1) is 12.4. The number of anilines is 1. The van der Waals surface area contributed by atoms with Gasteiger partial charge in [-0.3, -0.25) is 4.79 Å². The lowest BCUT2D eigenvalue weighted by Crippen LogP contribution is -2.05. The second-order valence-corrected chi connectivity index (χ2v) is 4.65. The summed E-state index contributed by atoms with van der Waals surface area (Å²) in [4.78, 5) is 15.6. The number of carbonyl (C=O) groups is 1. The fourth-order valence-corrected chi connectivity index (χ4v) is 2.15. The van der Waals surface area contributed by atoms with Crippen LogP contribution < -0.4 is 5.32 Å². The summed E-state index contributed by atoms with van der Waals surface area (Å²) in [6, 6.07) is 19.8. The Kier molecular flexibility index (Phi) is 3.17. The maximum atomic E-state index is 11.0. The molecule has 3 heteroatoms. The van der Waals surface area contributed by atoms with Gasteiger partial charge in [-0.1, -0.05) is 36.4 Å². The molecule has 0 aliphatic rings. The molecule has 2 aromatic carbocycles. The molecule has 1 heterocycles. The van der Waals surface area contributed by atoms with Crippen molar-refractivity contribution in [3.05, 3.63) is 60.7 Å². The highest BCUT2D eigenvalue weighted by molar-refractivity contribution is 5.89. The van der Waals surface area contributed by atoms with Gasteiger partial charge in [-0.05, 0) is 24.3 Å². The number of nitrogens with zero attached hydrogens (tertiary/aromatic N) is 1. The standard InChI is InChI=1S/C17H14N2O/c1-12(20)18-15-9-6-14(7-10-15)17-11-8-13-4-2-3-5-16(13)19-17/h2-11H,1H3,(H,18,20). The number of hydrogen-bond acceptors (Lipinski definition) is 2. The summed E-state index contributed by atoms with van der Waals surface area (Å²) in [5.74, 6) is -0.0680. The number of para-hydroxylation sites is 1. The van der Waals surface area contributed by atoms with E-state index in [0.29, 0.717) is 0 Å². The van der Waals surface area contributed by atoms with Crippen molar-refractivity contribution < 1.29 is 4.79 Å². The minimum atomic E-state index is -0.0680. The lowest BCUT2D eigenvalue weighted by molar-refractivity contribution is -0.114. The van der Waals surface area contributed by atoms with E-state index in [1.54, 1.807) is 0 Å². The van der Waals surface area contributed by atoms with Gasteiger partial charge in [0.2, 0.25) is 5.91 Å². The number of pyridine rings is 1. The van der Waals surface area contributed by atoms with Crippen molar-refractivity contribution >= 4 is 22.5 Å². The molecule has 0 fully saturated rings. The smallest absolute Gasteiger partial charge is 0.221 e. The summed E-state index contributed by atoms with van der Waals surface area (Å²) < 4.78 is 0. The molecule has 0 saturated heterocycles. The number of hydrogen-bond donors (Lipinski definition) is 1. The van der Waals surface area contributed by atoms with Crippen molar-refractivity contribution in [1.29, 1.82) is 0 Å². The Hall–Kier alpha value is -2.68. The van der Waals surface area contributed by atoms with Crippen molar-refractivity contribution in [3.63, 3.8) is 0 Å². The molecule has 0 unspecified atom stereocenters. The van der Waals surface area contributed by atoms with Crippen LogP contribution in [-0.2, 0) is 4.79 Å². The molecule has 98 valence electrons. The molecule has 0 radical (unpaired) electrons. The minimum Gasteiger partial charge on any atom is -0.326 e. The van der Waals surface area contributed by atoms with E-state index < -0.39 is 0 Å². The molecule has 20 heavy (non-hydrogen) atoms. The fourth-order valence-electron chi connectivity index (χ4n) is 2.15. The van der Waals surface area contributed by atoms with Crippen LogP contribution in [0.15, 0.2) is 60.7 Å². The second-order valence-electron chi connectivity index (χ2n) is 4.65. The lowest BCUT2D eigenvalue weighted by Gasteiger charge is -2.05. The van der Waals surface area contributed by atoms with Gasteiger partial charge >= 0.3 is 0 Å². The highest BCUT2D eigenvalue weighted by Gasteiger charge is 2.02. The first-order valence-electron chi connectivity index (χ1n) is 6.46. The van der Waals surface area contributed by atoms with Crippen LogP contribution in [0.4, 0.5) is 5.69 Å². The number of carbonyl (C=O) groups excluding carboxylic acids is 1. The van der Waals surface area contributed by atoms with E-state index in [2.05, 4.69) is 16.4 Å². The van der Waals surface area contributed by atoms with E-state index in [1.807, 2.05) is 54.6 Å². The van der Waals surface area contributed by atoms with Crippen LogP contribution in [0.2, 0.25) is 0 Å². The first-order valence-corrected chi connectivity index (χ1v) is 6.46. The molecule has 1 amide bonds. The minimum absolute atomic E-state index is 0.0680. The quantitative estimate of drug-likeness (QED) is 0.762. The van der Waals surface area contributed by atoms with Gasteiger partial charge in [-0.15, -0.1) is 0 Å². The molecule has 3 rings (SSSR count). The number of rotatable bonds is 2. The summed E-state index contributed by atoms with van der Waals surface area (Å²) in [6.07, 6.45) is 0. The van der Waals surface area contributed by atoms with Crippen LogP contribution in [0.5, 0.6) is 0 Å². The van der Waals surface area contributed by atoms with Gasteiger partial charge in [0.25, 0.3) is 0 Å². The van der Waals surface area contributed by atoms with Crippen molar-refractivity contribution in [2.75, 3.05) is 5.32 Å². The monoisotopic (exact) mass is 262 g/mol. The van der Waals surface area contributed by atoms with E-state index in [0.717, 1.165) is 27.8 Å². The molecule has 3 nitrogen and oxygen atoms in total. The molecule has 0 saturated carbocycles. The van der Waals surface area contributed by atoms with E-state index in [-0.39, 0.29) is 5.91 Å². The number of amides is 1. The summed E-state index contributed by atoms with van der Waals surface area (Å²) in [5, 5.41) is 3.88. The van der Waals surface area contributed by atoms with Gasteiger partial charge in [-0.2, -0.15) is 0 Å². The Balaban J connectivity index is 1.96. The van der Waals surface area contributed by atoms with Crippen molar-refractivity contribution in [2.24, 2.45) is 0 Å². The Bertz CT molecular complexity index is 763. The molecule has 0 spiro atoms. The second kappa shape index (κ2) is 5.13. The average Bonchev–Trinajstić information content (AvgIpc) is 2.47. The van der Waals surface area contributed by atoms with Crippen LogP contribution >= 0.6 is 0 Å². The van der Waals surface area contributed by atoms with Crippen molar-refractivity contribution in [1.82, 2.24) is 4.98 Å². The molecule has 0 aliphatic heterocycles. The molecule has 1 aromatic heterocycles. The topological polar surface area (TPSA) is 42.0 Å². The SMILES string of the molecule is CC(=O)Nc1ccc(-c2ccc3ccccc3n2)cc1. The third-order valence-corrected chi connectivity index (χ3v) is 3.10. The maximum absolute atomic E-state index is 11.0. The summed E-state index contributed by atoms with van der Waals surface area (Å²) in [5.41, 5.74) is 3.74. The number of aromatic nitrogens is 1. The van der Waals surface area contributed by atoms with E-state index >= 15 is 0 Å². The number of benzene rings is 2. The third-order valence-electron chi connectivity index (χ3n) is 3.10. The number of fused-ring (bicyclic) bond motifs is 1. The molecule has 0 atom stereocenters. The van der Waals surface area contributed by atoms with Crippen LogP contribution in [0.25, 0.3) is 22.2 Å². The summed E-state index contributed by atoms with van der Waals surface area (Å²) >= 11 is 0. The zero-order valence-electron chi connectivity index (χ0n) is 11.1. The van der Waals surface area contributed by atoms with Crippen LogP contribution in [-0.4, -0.2) is 10.9 Å². The predicted octanol–water partition coefficient (Wildman–Crippen LogP) is 3.86. The van der Waals surface area contributed by atoms with E-state index in [1.165, 1.54) is 6.92 Å². The Morgan fingerprint density at radius 3 is 2.45 bits per heavy atom. The van der Waals surface area contributed by atoms with Crippen LogP contribution in [0.1, 0.15) is 6.92 Å². The maximum Gasteiger partial charge on any atom is 0.221 e. The summed E-state index contributed by atoms with van der Waals surface area (Å²) in [7, 11) is 0. The van der Waals surface area contributed by atoms with Gasteiger partial charge < -0.3 is 5.32 Å². The molecular weight excluding hydrogens is 248 g/mol. The first-order chi connectivity index (χ1) is 9.72. The average molecular weight is 262 g/mol. The highest BCUT2D eigenvalue weighted by atomic mass is 16.1. The lowest BCUT2D eigenvalue weighted by atomic mass is 10.1. The van der Waals surface area contributed by atoms with Gasteiger partial charge in [0.1, 0.15) is 0 Å². The third kappa shape index (κ3) is 2.52. The van der Waals surface area contributed by atoms with Crippen molar-refractivity contribution in [3.8, 4) is 11.3 Å². The zero-order chi connectivity index (χ0) is 13.9. The fraction of sp³-hybridized carbons (Fsp3) is 0.0588. The molecule has 0 aliphatic carbocycles. The normalized spacial score (nSPS) is 10.4. The van der Waals surface area contributed by atoms with Gasteiger partial charge in [0, 0.05) is 23.6 Å². The highest BCUT2D eigenvalue weighted by Crippen LogP contribution is 2.22. The zero-order valence-corrected chi connectivity index (χ0v) is 11.1. The Morgan fingerprint density at radius 2 is 1.70 bits per heavy atom. The van der Waals surface area contributed by atoms with Crippen LogP contribution in [0, 0.1) is 0 Å². The van der Waals surface area contributed by atoms with Gasteiger partial charge in [0.05, 0.1) is 11.2 Å².